The number of nitro groups is 2. The third-order valence-corrected chi connectivity index (χ3v) is 11.1. The van der Waals surface area contributed by atoms with E-state index in [0.717, 1.165) is 36.9 Å². The van der Waals surface area contributed by atoms with Gasteiger partial charge in [-0.25, -0.2) is 4.79 Å². The molecule has 0 radical (unpaired) electrons. The van der Waals surface area contributed by atoms with Gasteiger partial charge < -0.3 is 23.5 Å². The molecule has 264 valence electrons. The van der Waals surface area contributed by atoms with Crippen molar-refractivity contribution in [2.45, 2.75) is 49.9 Å². The van der Waals surface area contributed by atoms with Crippen molar-refractivity contribution in [2.75, 3.05) is 32.6 Å². The van der Waals surface area contributed by atoms with E-state index in [4.69, 9.17) is 13.9 Å². The van der Waals surface area contributed by atoms with Crippen molar-refractivity contribution in [3.8, 4) is 5.75 Å². The first-order chi connectivity index (χ1) is 23.9. The first-order valence-electron chi connectivity index (χ1n) is 15.9. The third kappa shape index (κ3) is 7.55. The number of rotatable bonds is 13. The number of carbonyl (C=O) groups is 1. The molecule has 2 bridgehead atoms. The van der Waals surface area contributed by atoms with Crippen LogP contribution in [0.4, 0.5) is 21.9 Å². The third-order valence-electron chi connectivity index (χ3n) is 9.40. The molecule has 5 unspecified atom stereocenters. The number of fused-ring (bicyclic) bond motifs is 4. The average molecular weight is 709 g/mol. The smallest absolute Gasteiger partial charge is 0.495 e. The van der Waals surface area contributed by atoms with Gasteiger partial charge in [0.2, 0.25) is 0 Å². The summed E-state index contributed by atoms with van der Waals surface area (Å²) >= 11 is 0. The summed E-state index contributed by atoms with van der Waals surface area (Å²) in [5.74, 6) is 0.821. The number of aryl methyl sites for hydroxylation is 1. The highest BCUT2D eigenvalue weighted by molar-refractivity contribution is 6.57. The Balaban J connectivity index is 1.26. The summed E-state index contributed by atoms with van der Waals surface area (Å²) in [5, 5.41) is 34.8. The van der Waals surface area contributed by atoms with Gasteiger partial charge in [-0.2, -0.15) is 0 Å². The Kier molecular flexibility index (Phi) is 10.0. The van der Waals surface area contributed by atoms with Gasteiger partial charge in [-0.15, -0.1) is 5.10 Å². The van der Waals surface area contributed by atoms with Crippen LogP contribution in [-0.2, 0) is 15.7 Å². The number of pyridine rings is 1. The molecule has 1 amide bonds. The Hall–Kier alpha value is -5.08. The standard InChI is InChI=1S/C31H36N8O10Si/c1-47-23-4-5-27-25(16-23)24(6-8-32-27)30(49-31(40)33-20-13-21(38(41)42)15-22(14-20)39(43)44)29-12-19-7-10-36(29)17-26(19)28-18-37(35-34-28)9-3-11-50(45,46)48-2/h4-6,8,13-16,18-19,26,29-30,45-46H,3,7,9-12,17H2,1-2H3,(H,33,40). The molecule has 4 aromatic rings. The maximum absolute atomic E-state index is 13.5. The van der Waals surface area contributed by atoms with E-state index in [0.29, 0.717) is 48.1 Å². The van der Waals surface area contributed by atoms with Gasteiger partial charge in [0.05, 0.1) is 46.0 Å². The van der Waals surface area contributed by atoms with Crippen LogP contribution in [0.5, 0.6) is 5.75 Å². The molecule has 3 saturated heterocycles. The van der Waals surface area contributed by atoms with Crippen LogP contribution in [0.2, 0.25) is 6.04 Å². The van der Waals surface area contributed by atoms with Gasteiger partial charge in [0.15, 0.2) is 0 Å². The highest BCUT2D eigenvalue weighted by atomic mass is 28.4. The van der Waals surface area contributed by atoms with Gasteiger partial charge in [-0.1, -0.05) is 5.21 Å². The molecule has 18 nitrogen and oxygen atoms in total. The average Bonchev–Trinajstić information content (AvgIpc) is 3.58. The van der Waals surface area contributed by atoms with Gasteiger partial charge in [0.1, 0.15) is 11.9 Å². The number of ether oxygens (including phenoxy) is 2. The number of benzene rings is 2. The fourth-order valence-corrected chi connectivity index (χ4v) is 7.72. The Bertz CT molecular complexity index is 1880. The van der Waals surface area contributed by atoms with Gasteiger partial charge >= 0.3 is 14.9 Å². The number of nitro benzene ring substituents is 2. The zero-order chi connectivity index (χ0) is 35.6. The zero-order valence-electron chi connectivity index (χ0n) is 27.2. The van der Waals surface area contributed by atoms with Crippen molar-refractivity contribution >= 4 is 42.9 Å². The second-order valence-electron chi connectivity index (χ2n) is 12.4. The lowest BCUT2D eigenvalue weighted by Gasteiger charge is -2.51. The second-order valence-corrected chi connectivity index (χ2v) is 14.8. The number of aromatic nitrogens is 4. The first kappa shape index (κ1) is 34.8. The van der Waals surface area contributed by atoms with E-state index in [1.54, 1.807) is 30.1 Å². The molecule has 2 aromatic carbocycles. The molecule has 3 fully saturated rings. The zero-order valence-corrected chi connectivity index (χ0v) is 28.2. The van der Waals surface area contributed by atoms with Crippen molar-refractivity contribution in [3.05, 3.63) is 86.3 Å². The Morgan fingerprint density at radius 3 is 2.54 bits per heavy atom. The molecule has 3 N–H and O–H groups in total. The Morgan fingerprint density at radius 2 is 1.88 bits per heavy atom. The summed E-state index contributed by atoms with van der Waals surface area (Å²) in [6, 6.07) is 9.93. The summed E-state index contributed by atoms with van der Waals surface area (Å²) in [7, 11) is -0.831. The maximum Gasteiger partial charge on any atom is 0.495 e. The number of anilines is 1. The molecular weight excluding hydrogens is 672 g/mol. The van der Waals surface area contributed by atoms with E-state index in [1.807, 2.05) is 18.3 Å². The number of non-ortho nitro benzene ring substituents is 2. The number of carbonyl (C=O) groups excluding carboxylic acids is 1. The Labute approximate surface area is 286 Å². The maximum atomic E-state index is 13.5. The molecule has 50 heavy (non-hydrogen) atoms. The number of hydrogen-bond acceptors (Lipinski definition) is 14. The summed E-state index contributed by atoms with van der Waals surface area (Å²) in [5.41, 5.74) is 0.899. The summed E-state index contributed by atoms with van der Waals surface area (Å²) in [6.07, 6.45) is 3.73. The molecule has 5 heterocycles. The topological polar surface area (TPSA) is 230 Å². The van der Waals surface area contributed by atoms with Crippen LogP contribution in [0.1, 0.15) is 42.5 Å². The molecule has 7 rings (SSSR count). The highest BCUT2D eigenvalue weighted by Gasteiger charge is 2.46. The minimum Gasteiger partial charge on any atom is -0.497 e. The normalized spacial score (nSPS) is 20.7. The van der Waals surface area contributed by atoms with Crippen LogP contribution >= 0.6 is 0 Å². The van der Waals surface area contributed by atoms with Gasteiger partial charge in [-0.3, -0.25) is 40.1 Å². The number of amides is 1. The fraction of sp³-hybridized carbons (Fsp3) is 0.419. The van der Waals surface area contributed by atoms with Crippen LogP contribution in [0.15, 0.2) is 54.9 Å². The minimum atomic E-state index is -3.66. The van der Waals surface area contributed by atoms with Gasteiger partial charge in [0, 0.05) is 67.6 Å². The SMILES string of the molecule is COc1ccc2nccc(C(OC(=O)Nc3cc([N+](=O)[O-])cc([N+](=O)[O-])c3)C3CC4CCN3CC4c3cn(CCC[Si](O)(O)OC)nn3)c2c1. The molecule has 2 aromatic heterocycles. The van der Waals surface area contributed by atoms with Crippen molar-refractivity contribution < 1.29 is 38.1 Å². The van der Waals surface area contributed by atoms with Crippen LogP contribution in [0.3, 0.4) is 0 Å². The fourth-order valence-electron chi connectivity index (χ4n) is 6.90. The molecule has 5 atom stereocenters. The number of methoxy groups -OCH3 is 1. The molecule has 0 spiro atoms. The molecular formula is C31H36N8O10Si. The molecule has 3 aliphatic heterocycles. The van der Waals surface area contributed by atoms with Crippen LogP contribution in [0.25, 0.3) is 10.9 Å². The van der Waals surface area contributed by atoms with Crippen LogP contribution in [0, 0.1) is 26.1 Å². The van der Waals surface area contributed by atoms with E-state index in [1.165, 1.54) is 7.11 Å². The number of piperidine rings is 3. The second kappa shape index (κ2) is 14.4. The van der Waals surface area contributed by atoms with E-state index in [2.05, 4.69) is 25.5 Å². The largest absolute Gasteiger partial charge is 0.497 e. The van der Waals surface area contributed by atoms with Crippen molar-refractivity contribution in [1.82, 2.24) is 24.9 Å². The minimum absolute atomic E-state index is 0.0612. The van der Waals surface area contributed by atoms with E-state index < -0.39 is 42.2 Å². The van der Waals surface area contributed by atoms with E-state index in [9.17, 15) is 34.6 Å². The molecule has 0 aliphatic carbocycles. The molecule has 3 aliphatic rings. The van der Waals surface area contributed by atoms with Crippen LogP contribution in [-0.4, -0.2) is 92.6 Å². The monoisotopic (exact) mass is 708 g/mol. The molecule has 19 heteroatoms. The highest BCUT2D eigenvalue weighted by Crippen LogP contribution is 2.46. The Morgan fingerprint density at radius 1 is 1.12 bits per heavy atom. The predicted molar refractivity (Wildman–Crippen MR) is 178 cm³/mol. The van der Waals surface area contributed by atoms with Gasteiger partial charge in [-0.05, 0) is 56.0 Å². The number of hydrogen-bond donors (Lipinski definition) is 3. The summed E-state index contributed by atoms with van der Waals surface area (Å²) in [4.78, 5) is 61.3. The quantitative estimate of drug-likeness (QED) is 0.102. The lowest BCUT2D eigenvalue weighted by molar-refractivity contribution is -0.394. The van der Waals surface area contributed by atoms with Crippen molar-refractivity contribution in [3.63, 3.8) is 0 Å². The molecule has 0 saturated carbocycles. The lowest BCUT2D eigenvalue weighted by atomic mass is 9.72. The first-order valence-corrected chi connectivity index (χ1v) is 17.9. The predicted octanol–water partition coefficient (Wildman–Crippen LogP) is 3.78. The number of nitrogens with one attached hydrogen (secondary N) is 1. The van der Waals surface area contributed by atoms with Crippen LogP contribution < -0.4 is 10.1 Å². The number of nitrogens with zero attached hydrogens (tertiary/aromatic N) is 7. The van der Waals surface area contributed by atoms with Gasteiger partial charge in [0.25, 0.3) is 11.4 Å². The summed E-state index contributed by atoms with van der Waals surface area (Å²) < 4.78 is 18.1. The van der Waals surface area contributed by atoms with E-state index in [-0.39, 0.29) is 29.6 Å². The lowest BCUT2D eigenvalue weighted by Crippen LogP contribution is -2.55. The van der Waals surface area contributed by atoms with Crippen molar-refractivity contribution in [2.24, 2.45) is 5.92 Å². The summed E-state index contributed by atoms with van der Waals surface area (Å²) in [6.45, 7) is 1.81. The van der Waals surface area contributed by atoms with Crippen molar-refractivity contribution in [1.29, 1.82) is 0 Å². The van der Waals surface area contributed by atoms with E-state index >= 15 is 0 Å².